The summed E-state index contributed by atoms with van der Waals surface area (Å²) < 4.78 is 12.5. The number of ether oxygens (including phenoxy) is 2. The number of nitrogen functional groups attached to an aromatic ring is 1. The van der Waals surface area contributed by atoms with E-state index in [1.807, 2.05) is 30.3 Å². The lowest BCUT2D eigenvalue weighted by Crippen LogP contribution is -2.22. The number of rotatable bonds is 10. The first-order valence-electron chi connectivity index (χ1n) is 16.2. The quantitative estimate of drug-likeness (QED) is 0.189. The summed E-state index contributed by atoms with van der Waals surface area (Å²) in [6.45, 7) is 0.368. The highest BCUT2D eigenvalue weighted by atomic mass is 16.5. The number of hydrogen-bond acceptors (Lipinski definition) is 7. The van der Waals surface area contributed by atoms with Crippen molar-refractivity contribution in [2.45, 2.75) is 108 Å². The Bertz CT molecular complexity index is 1410. The number of phenols is 2. The lowest BCUT2D eigenvalue weighted by atomic mass is 9.92. The van der Waals surface area contributed by atoms with Gasteiger partial charge in [0.25, 0.3) is 0 Å². The molecule has 44 heavy (non-hydrogen) atoms. The minimum absolute atomic E-state index is 0.101. The number of fused-ring (bicyclic) bond motifs is 1. The van der Waals surface area contributed by atoms with Crippen LogP contribution in [-0.2, 0) is 24.2 Å². The first-order chi connectivity index (χ1) is 21.4. The number of anilines is 1. The molecule has 234 valence electrons. The summed E-state index contributed by atoms with van der Waals surface area (Å²) in [5.74, 6) is 8.48. The van der Waals surface area contributed by atoms with Crippen LogP contribution < -0.4 is 10.5 Å². The van der Waals surface area contributed by atoms with Gasteiger partial charge in [-0.15, -0.1) is 0 Å². The van der Waals surface area contributed by atoms with Crippen molar-refractivity contribution in [3.8, 4) is 29.1 Å². The predicted molar refractivity (Wildman–Crippen MR) is 172 cm³/mol. The molecule has 0 radical (unpaired) electrons. The van der Waals surface area contributed by atoms with E-state index in [2.05, 4.69) is 16.8 Å². The van der Waals surface area contributed by atoms with E-state index in [9.17, 15) is 15.3 Å². The lowest BCUT2D eigenvalue weighted by Gasteiger charge is -2.24. The van der Waals surface area contributed by atoms with Gasteiger partial charge in [-0.2, -0.15) is 0 Å². The Kier molecular flexibility index (Phi) is 11.4. The Morgan fingerprint density at radius 3 is 2.55 bits per heavy atom. The normalized spacial score (nSPS) is 20.0. The molecule has 0 unspecified atom stereocenters. The number of aromatic nitrogens is 1. The Morgan fingerprint density at radius 1 is 0.932 bits per heavy atom. The highest BCUT2D eigenvalue weighted by Crippen LogP contribution is 2.32. The molecule has 2 heterocycles. The molecule has 5 N–H and O–H groups in total. The van der Waals surface area contributed by atoms with Crippen molar-refractivity contribution in [3.63, 3.8) is 0 Å². The zero-order valence-corrected chi connectivity index (χ0v) is 25.6. The van der Waals surface area contributed by atoms with Crippen molar-refractivity contribution in [3.05, 3.63) is 77.0 Å². The number of nitrogens with two attached hydrogens (primary N) is 1. The summed E-state index contributed by atoms with van der Waals surface area (Å²) >= 11 is 0. The molecule has 0 saturated heterocycles. The molecule has 1 fully saturated rings. The number of aromatic hydroxyl groups is 2. The topological polar surface area (TPSA) is 118 Å². The fraction of sp³-hybridized carbons (Fsp3) is 0.486. The van der Waals surface area contributed by atoms with Crippen LogP contribution in [0, 0.1) is 17.8 Å². The second kappa shape index (κ2) is 15.8. The van der Waals surface area contributed by atoms with Crippen molar-refractivity contribution in [1.29, 1.82) is 0 Å². The molecule has 5 rings (SSSR count). The number of aliphatic hydroxyl groups is 1. The van der Waals surface area contributed by atoms with Crippen LogP contribution in [0.15, 0.2) is 54.7 Å². The van der Waals surface area contributed by atoms with E-state index in [4.69, 9.17) is 15.2 Å². The molecule has 2 aromatic carbocycles. The Morgan fingerprint density at radius 2 is 1.73 bits per heavy atom. The van der Waals surface area contributed by atoms with Crippen molar-refractivity contribution in [1.82, 2.24) is 4.98 Å². The zero-order chi connectivity index (χ0) is 30.7. The van der Waals surface area contributed by atoms with Crippen LogP contribution in [0.1, 0.15) is 92.9 Å². The molecule has 0 bridgehead atoms. The molecule has 1 saturated carbocycles. The van der Waals surface area contributed by atoms with Gasteiger partial charge in [0.05, 0.1) is 24.9 Å². The lowest BCUT2D eigenvalue weighted by molar-refractivity contribution is -0.00383. The second-order valence-electron chi connectivity index (χ2n) is 12.4. The summed E-state index contributed by atoms with van der Waals surface area (Å²) in [6.07, 6.45) is 13.3. The first-order valence-corrected chi connectivity index (χ1v) is 16.2. The minimum atomic E-state index is -0.521. The minimum Gasteiger partial charge on any atom is -0.508 e. The largest absolute Gasteiger partial charge is 0.508 e. The Labute approximate surface area is 261 Å². The summed E-state index contributed by atoms with van der Waals surface area (Å²) in [5, 5.41) is 31.0. The van der Waals surface area contributed by atoms with E-state index in [-0.39, 0.29) is 29.6 Å². The van der Waals surface area contributed by atoms with E-state index in [0.717, 1.165) is 61.6 Å². The van der Waals surface area contributed by atoms with Gasteiger partial charge in [-0.3, -0.25) is 0 Å². The monoisotopic (exact) mass is 598 g/mol. The summed E-state index contributed by atoms with van der Waals surface area (Å²) in [6, 6.07) is 14.7. The Hall–Kier alpha value is -3.73. The molecule has 3 aromatic rings. The summed E-state index contributed by atoms with van der Waals surface area (Å²) in [7, 11) is 0. The number of nitrogens with zero attached hydrogens (tertiary/aromatic N) is 1. The number of benzene rings is 2. The van der Waals surface area contributed by atoms with Crippen LogP contribution in [0.4, 0.5) is 5.82 Å². The smallest absolute Gasteiger partial charge is 0.161 e. The van der Waals surface area contributed by atoms with Crippen LogP contribution in [-0.4, -0.2) is 38.6 Å². The molecule has 7 heteroatoms. The number of aryl methyl sites for hydroxylation is 2. The number of aliphatic hydroxyl groups excluding tert-OH is 1. The number of hydrogen-bond donors (Lipinski definition) is 4. The van der Waals surface area contributed by atoms with E-state index in [1.165, 1.54) is 24.8 Å². The zero-order valence-electron chi connectivity index (χ0n) is 25.6. The van der Waals surface area contributed by atoms with Gasteiger partial charge >= 0.3 is 0 Å². The fourth-order valence-electron chi connectivity index (χ4n) is 6.20. The van der Waals surface area contributed by atoms with Crippen molar-refractivity contribution >= 4 is 5.82 Å². The van der Waals surface area contributed by atoms with Gasteiger partial charge in [0.1, 0.15) is 11.6 Å². The molecule has 7 nitrogen and oxygen atoms in total. The fourth-order valence-corrected chi connectivity index (χ4v) is 6.20. The highest BCUT2D eigenvalue weighted by molar-refractivity contribution is 5.47. The molecule has 3 atom stereocenters. The molecule has 1 aromatic heterocycles. The first kappa shape index (κ1) is 31.7. The van der Waals surface area contributed by atoms with Crippen LogP contribution in [0.3, 0.4) is 0 Å². The van der Waals surface area contributed by atoms with E-state index < -0.39 is 6.10 Å². The average molecular weight is 599 g/mol. The molecule has 1 aliphatic heterocycles. The van der Waals surface area contributed by atoms with Gasteiger partial charge in [0.2, 0.25) is 0 Å². The maximum absolute atomic E-state index is 11.1. The van der Waals surface area contributed by atoms with Gasteiger partial charge in [0, 0.05) is 23.2 Å². The molecular weight excluding hydrogens is 552 g/mol. The van der Waals surface area contributed by atoms with Gasteiger partial charge in [-0.05, 0) is 119 Å². The highest BCUT2D eigenvalue weighted by Gasteiger charge is 2.20. The van der Waals surface area contributed by atoms with Gasteiger partial charge in [-0.25, -0.2) is 4.98 Å². The maximum Gasteiger partial charge on any atom is 0.161 e. The third-order valence-electron chi connectivity index (χ3n) is 8.86. The standard InChI is InChI=1S/C37H46N2O5/c38-37-22-29-16-11-26(9-10-27-12-17-31(40)18-13-27)5-4-8-34(43-25-30(29)24-39-37)23-32(41)19-14-28-15-20-35(42)36(21-28)44-33-6-2-1-3-7-33/h12-13,15,17-18,20-22,24,26,32-34,40-42H,1-10,14,19,23,25H2,(H2,38,39)/t26-,32+,34-/m0/s1. The van der Waals surface area contributed by atoms with Crippen LogP contribution in [0.25, 0.3) is 0 Å². The molecule has 1 aliphatic carbocycles. The van der Waals surface area contributed by atoms with Gasteiger partial charge in [0.15, 0.2) is 11.5 Å². The molecule has 0 amide bonds. The van der Waals surface area contributed by atoms with Gasteiger partial charge in [-0.1, -0.05) is 36.5 Å². The summed E-state index contributed by atoms with van der Waals surface area (Å²) in [5.41, 5.74) is 9.96. The third-order valence-corrected chi connectivity index (χ3v) is 8.86. The van der Waals surface area contributed by atoms with Crippen molar-refractivity contribution in [2.75, 3.05) is 5.73 Å². The molecule has 2 aliphatic rings. The average Bonchev–Trinajstić information content (AvgIpc) is 3.06. The van der Waals surface area contributed by atoms with Crippen molar-refractivity contribution < 1.29 is 24.8 Å². The second-order valence-corrected chi connectivity index (χ2v) is 12.4. The van der Waals surface area contributed by atoms with Crippen LogP contribution in [0.2, 0.25) is 0 Å². The van der Waals surface area contributed by atoms with E-state index in [0.29, 0.717) is 37.4 Å². The maximum atomic E-state index is 11.1. The van der Waals surface area contributed by atoms with E-state index >= 15 is 0 Å². The van der Waals surface area contributed by atoms with Gasteiger partial charge < -0.3 is 30.5 Å². The predicted octanol–water partition coefficient (Wildman–Crippen LogP) is 6.84. The van der Waals surface area contributed by atoms with Crippen molar-refractivity contribution in [2.24, 2.45) is 5.92 Å². The molecular formula is C37H46N2O5. The SMILES string of the molecule is Nc1cc2c(cn1)CO[C@H](C[C@H](O)CCc1ccc(O)c(OC3CCCCC3)c1)CCC[C@@H](CCc1ccc(O)cc1)C#C2. The number of phenolic OH excluding ortho intramolecular Hbond substituents is 2. The number of pyridine rings is 1. The van der Waals surface area contributed by atoms with E-state index in [1.54, 1.807) is 24.4 Å². The Balaban J connectivity index is 1.19. The molecule has 0 spiro atoms. The summed E-state index contributed by atoms with van der Waals surface area (Å²) in [4.78, 5) is 4.28. The van der Waals surface area contributed by atoms with Crippen LogP contribution >= 0.6 is 0 Å². The third kappa shape index (κ3) is 9.64. The van der Waals surface area contributed by atoms with Crippen LogP contribution in [0.5, 0.6) is 17.2 Å².